The third-order valence-corrected chi connectivity index (χ3v) is 7.46. The van der Waals surface area contributed by atoms with Gasteiger partial charge in [0.1, 0.15) is 24.3 Å². The van der Waals surface area contributed by atoms with Crippen LogP contribution in [-0.2, 0) is 14.8 Å². The molecule has 0 aromatic heterocycles. The first kappa shape index (κ1) is 26.1. The number of ether oxygens (including phenoxy) is 1. The number of hydrogen-bond donors (Lipinski definition) is 4. The van der Waals surface area contributed by atoms with Crippen molar-refractivity contribution in [2.75, 3.05) is 18.0 Å². The first-order chi connectivity index (χ1) is 16.1. The minimum Gasteiger partial charge on any atom is -0.388 e. The second-order valence-electron chi connectivity index (χ2n) is 8.19. The molecule has 1 fully saturated rings. The molecule has 0 spiro atoms. The first-order valence-electron chi connectivity index (χ1n) is 11.3. The van der Waals surface area contributed by atoms with Crippen LogP contribution in [-0.4, -0.2) is 67.5 Å². The Morgan fingerprint density at radius 2 is 1.74 bits per heavy atom. The Morgan fingerprint density at radius 3 is 2.35 bits per heavy atom. The number of anilines is 1. The quantitative estimate of drug-likeness (QED) is 0.410. The third-order valence-electron chi connectivity index (χ3n) is 6.09. The van der Waals surface area contributed by atoms with Crippen LogP contribution in [0.25, 0.3) is 16.8 Å². The number of allylic oxidation sites excluding steroid dienone is 1. The lowest BCUT2D eigenvalue weighted by atomic mass is 9.96. The van der Waals surface area contributed by atoms with Crippen LogP contribution in [0.5, 0.6) is 0 Å². The van der Waals surface area contributed by atoms with Gasteiger partial charge < -0.3 is 25.0 Å². The van der Waals surface area contributed by atoms with Crippen LogP contribution in [0.1, 0.15) is 32.8 Å². The minimum absolute atomic E-state index is 0.316. The van der Waals surface area contributed by atoms with Gasteiger partial charge in [0.2, 0.25) is 0 Å². The molecule has 0 aliphatic carbocycles. The fourth-order valence-electron chi connectivity index (χ4n) is 4.10. The summed E-state index contributed by atoms with van der Waals surface area (Å²) in [6, 6.07) is 11.5. The van der Waals surface area contributed by atoms with Gasteiger partial charge in [-0.1, -0.05) is 25.1 Å². The number of hydrogen-bond acceptors (Lipinski definition) is 8. The van der Waals surface area contributed by atoms with E-state index in [4.69, 9.17) is 4.74 Å². The van der Waals surface area contributed by atoms with Gasteiger partial charge in [0.15, 0.2) is 11.2 Å². The van der Waals surface area contributed by atoms with Crippen LogP contribution in [0.3, 0.4) is 0 Å². The van der Waals surface area contributed by atoms with E-state index >= 15 is 0 Å². The molecular formula is C24H31N3O6S. The Bertz CT molecular complexity index is 1190. The van der Waals surface area contributed by atoms with Crippen molar-refractivity contribution in [3.05, 3.63) is 46.9 Å². The number of nitriles is 1. The predicted molar refractivity (Wildman–Crippen MR) is 130 cm³/mol. The molecule has 5 atom stereocenters. The number of sulfonamides is 1. The monoisotopic (exact) mass is 489 g/mol. The maximum atomic E-state index is 12.9. The molecule has 1 aliphatic rings. The van der Waals surface area contributed by atoms with Crippen molar-refractivity contribution >= 4 is 32.6 Å². The van der Waals surface area contributed by atoms with Crippen molar-refractivity contribution in [3.63, 3.8) is 0 Å². The molecule has 0 amide bonds. The lowest BCUT2D eigenvalue weighted by Crippen LogP contribution is -2.63. The van der Waals surface area contributed by atoms with Gasteiger partial charge in [-0.15, -0.1) is 0 Å². The van der Waals surface area contributed by atoms with Crippen LogP contribution >= 0.6 is 0 Å². The first-order valence-corrected chi connectivity index (χ1v) is 12.8. The molecule has 4 N–H and O–H groups in total. The number of nitrogens with one attached hydrogen (secondary N) is 1. The second kappa shape index (κ2) is 10.8. The smallest absolute Gasteiger partial charge is 0.251 e. The average Bonchev–Trinajstić information content (AvgIpc) is 2.83. The average molecular weight is 490 g/mol. The topological polar surface area (TPSA) is 143 Å². The SMILES string of the molecule is CC[C@H]1OC(O)[C@H](NS(=O)(=O)/C(C#N)=C/c2ccc3cc(N(CC)CC)ccc3c2)[C@@H](O)[C@@H]1O. The molecule has 184 valence electrons. The largest absolute Gasteiger partial charge is 0.388 e. The molecule has 1 aliphatic heterocycles. The molecule has 2 aromatic carbocycles. The number of aliphatic hydroxyl groups excluding tert-OH is 3. The van der Waals surface area contributed by atoms with Gasteiger partial charge >= 0.3 is 0 Å². The van der Waals surface area contributed by atoms with E-state index in [9.17, 15) is 29.0 Å². The number of nitrogens with zero attached hydrogens (tertiary/aromatic N) is 2. The Morgan fingerprint density at radius 1 is 1.09 bits per heavy atom. The van der Waals surface area contributed by atoms with E-state index in [0.29, 0.717) is 12.0 Å². The summed E-state index contributed by atoms with van der Waals surface area (Å²) in [4.78, 5) is 1.62. The summed E-state index contributed by atoms with van der Waals surface area (Å²) in [7, 11) is -4.43. The van der Waals surface area contributed by atoms with Crippen LogP contribution in [0, 0.1) is 11.3 Å². The fourth-order valence-corrected chi connectivity index (χ4v) is 5.25. The Balaban J connectivity index is 1.87. The highest BCUT2D eigenvalue weighted by atomic mass is 32.2. The summed E-state index contributed by atoms with van der Waals surface area (Å²) in [5.74, 6) is 0. The molecule has 1 saturated heterocycles. The van der Waals surface area contributed by atoms with E-state index in [1.165, 1.54) is 6.08 Å². The van der Waals surface area contributed by atoms with Crippen molar-refractivity contribution in [1.29, 1.82) is 5.26 Å². The highest BCUT2D eigenvalue weighted by Gasteiger charge is 2.45. The van der Waals surface area contributed by atoms with E-state index in [0.717, 1.165) is 29.5 Å². The summed E-state index contributed by atoms with van der Waals surface area (Å²) in [5, 5.41) is 42.0. The zero-order chi connectivity index (χ0) is 25.0. The van der Waals surface area contributed by atoms with E-state index in [1.807, 2.05) is 18.2 Å². The lowest BCUT2D eigenvalue weighted by Gasteiger charge is -2.40. The number of rotatable bonds is 8. The third kappa shape index (κ3) is 5.41. The number of fused-ring (bicyclic) bond motifs is 1. The minimum atomic E-state index is -4.43. The lowest BCUT2D eigenvalue weighted by molar-refractivity contribution is -0.244. The van der Waals surface area contributed by atoms with Crippen LogP contribution in [0.2, 0.25) is 0 Å². The van der Waals surface area contributed by atoms with Crippen molar-refractivity contribution in [3.8, 4) is 6.07 Å². The standard InChI is InChI=1S/C24H31N3O6S/c1-4-20-22(28)23(29)21(24(30)33-20)26-34(31,32)19(14-25)12-15-7-8-17-13-18(27(5-2)6-3)10-9-16(17)11-15/h7-13,20-24,26,28-30H,4-6H2,1-3H3/b19-12+/t20-,21-,22-,23-,24?/m1/s1. The van der Waals surface area contributed by atoms with Crippen LogP contribution in [0.4, 0.5) is 5.69 Å². The highest BCUT2D eigenvalue weighted by Crippen LogP contribution is 2.26. The molecule has 34 heavy (non-hydrogen) atoms. The van der Waals surface area contributed by atoms with Gasteiger partial charge in [-0.3, -0.25) is 0 Å². The van der Waals surface area contributed by atoms with Crippen molar-refractivity contribution in [1.82, 2.24) is 4.72 Å². The number of benzene rings is 2. The molecule has 3 rings (SSSR count). The predicted octanol–water partition coefficient (Wildman–Crippen LogP) is 1.69. The zero-order valence-electron chi connectivity index (χ0n) is 19.4. The summed E-state index contributed by atoms with van der Waals surface area (Å²) >= 11 is 0. The molecule has 1 heterocycles. The Kier molecular flexibility index (Phi) is 8.30. The summed E-state index contributed by atoms with van der Waals surface area (Å²) in [6.07, 6.45) is -3.98. The molecule has 0 bridgehead atoms. The summed E-state index contributed by atoms with van der Waals surface area (Å²) in [5.41, 5.74) is 1.58. The molecule has 2 aromatic rings. The van der Waals surface area contributed by atoms with Crippen molar-refractivity contribution < 1.29 is 28.5 Å². The molecular weight excluding hydrogens is 458 g/mol. The molecule has 0 radical (unpaired) electrons. The van der Waals surface area contributed by atoms with E-state index in [-0.39, 0.29) is 0 Å². The Hall–Kier alpha value is -2.52. The molecule has 9 nitrogen and oxygen atoms in total. The summed E-state index contributed by atoms with van der Waals surface area (Å²) in [6.45, 7) is 7.62. The van der Waals surface area contributed by atoms with Gasteiger partial charge in [0.05, 0.1) is 6.10 Å². The zero-order valence-corrected chi connectivity index (χ0v) is 20.2. The molecule has 0 saturated carbocycles. The number of aliphatic hydroxyl groups is 3. The van der Waals surface area contributed by atoms with Gasteiger partial charge in [-0.25, -0.2) is 8.42 Å². The summed E-state index contributed by atoms with van der Waals surface area (Å²) < 4.78 is 33.0. The van der Waals surface area contributed by atoms with E-state index in [2.05, 4.69) is 29.5 Å². The van der Waals surface area contributed by atoms with Gasteiger partial charge in [-0.05, 0) is 60.9 Å². The second-order valence-corrected chi connectivity index (χ2v) is 9.87. The van der Waals surface area contributed by atoms with Crippen LogP contribution in [0.15, 0.2) is 41.3 Å². The van der Waals surface area contributed by atoms with Crippen molar-refractivity contribution in [2.24, 2.45) is 0 Å². The normalized spacial score (nSPS) is 25.8. The maximum Gasteiger partial charge on any atom is 0.251 e. The maximum absolute atomic E-state index is 12.9. The molecule has 10 heteroatoms. The van der Waals surface area contributed by atoms with Crippen molar-refractivity contribution in [2.45, 2.75) is 57.8 Å². The molecule has 1 unspecified atom stereocenters. The van der Waals surface area contributed by atoms with Gasteiger partial charge in [0, 0.05) is 18.8 Å². The van der Waals surface area contributed by atoms with Gasteiger partial charge in [0.25, 0.3) is 10.0 Å². The fraction of sp³-hybridized carbons (Fsp3) is 0.458. The Labute approximate surface area is 199 Å². The van der Waals surface area contributed by atoms with Crippen LogP contribution < -0.4 is 9.62 Å². The highest BCUT2D eigenvalue weighted by molar-refractivity contribution is 7.93. The van der Waals surface area contributed by atoms with Gasteiger partial charge in [-0.2, -0.15) is 9.98 Å². The van der Waals surface area contributed by atoms with E-state index in [1.54, 1.807) is 25.1 Å². The van der Waals surface area contributed by atoms with E-state index < -0.39 is 45.6 Å².